The molecule has 1 saturated heterocycles. The van der Waals surface area contributed by atoms with Gasteiger partial charge in [0.2, 0.25) is 0 Å². The van der Waals surface area contributed by atoms with Gasteiger partial charge in [-0.15, -0.1) is 11.3 Å². The molecule has 4 rings (SSSR count). The van der Waals surface area contributed by atoms with E-state index in [4.69, 9.17) is 4.74 Å². The number of aryl methyl sites for hydroxylation is 1. The zero-order chi connectivity index (χ0) is 21.6. The van der Waals surface area contributed by atoms with Gasteiger partial charge in [0.05, 0.1) is 4.88 Å². The summed E-state index contributed by atoms with van der Waals surface area (Å²) in [5.74, 6) is 0.627. The van der Waals surface area contributed by atoms with E-state index in [0.29, 0.717) is 18.8 Å². The number of anilines is 2. The maximum atomic E-state index is 12.5. The Balaban J connectivity index is 1.26. The molecule has 1 aromatic heterocycles. The lowest BCUT2D eigenvalue weighted by Crippen LogP contribution is -2.48. The van der Waals surface area contributed by atoms with Crippen LogP contribution in [0.3, 0.4) is 0 Å². The number of nitrogens with zero attached hydrogens (tertiary/aromatic N) is 2. The molecule has 2 aromatic carbocycles. The molecule has 0 radical (unpaired) electrons. The molecule has 0 unspecified atom stereocenters. The first-order chi connectivity index (χ1) is 15.1. The van der Waals surface area contributed by atoms with E-state index in [1.54, 1.807) is 0 Å². The molecule has 1 aliphatic heterocycles. The van der Waals surface area contributed by atoms with Crippen molar-refractivity contribution >= 4 is 34.5 Å². The smallest absolute Gasteiger partial charge is 0.264 e. The SMILES string of the molecule is Cc1ccccc1OCC(=O)Nc1ccc(N2CCN(C(=O)c3cccs3)CC2)cc1. The summed E-state index contributed by atoms with van der Waals surface area (Å²) in [6, 6.07) is 19.2. The highest BCUT2D eigenvalue weighted by molar-refractivity contribution is 7.12. The summed E-state index contributed by atoms with van der Waals surface area (Å²) < 4.78 is 5.59. The van der Waals surface area contributed by atoms with Crippen molar-refractivity contribution in [3.05, 3.63) is 76.5 Å². The van der Waals surface area contributed by atoms with Gasteiger partial charge in [-0.25, -0.2) is 0 Å². The van der Waals surface area contributed by atoms with Crippen LogP contribution < -0.4 is 15.0 Å². The summed E-state index contributed by atoms with van der Waals surface area (Å²) in [7, 11) is 0. The number of para-hydroxylation sites is 1. The highest BCUT2D eigenvalue weighted by atomic mass is 32.1. The molecule has 7 heteroatoms. The van der Waals surface area contributed by atoms with Gasteiger partial charge in [0.1, 0.15) is 5.75 Å². The molecule has 0 bridgehead atoms. The van der Waals surface area contributed by atoms with Crippen molar-refractivity contribution in [2.75, 3.05) is 43.0 Å². The first-order valence-corrected chi connectivity index (χ1v) is 11.1. The van der Waals surface area contributed by atoms with Crippen LogP contribution in [0.25, 0.3) is 0 Å². The van der Waals surface area contributed by atoms with Gasteiger partial charge in [-0.05, 0) is 54.3 Å². The largest absolute Gasteiger partial charge is 0.483 e. The number of rotatable bonds is 6. The summed E-state index contributed by atoms with van der Waals surface area (Å²) in [6.45, 7) is 4.88. The summed E-state index contributed by atoms with van der Waals surface area (Å²) in [5, 5.41) is 4.79. The van der Waals surface area contributed by atoms with Gasteiger partial charge in [-0.2, -0.15) is 0 Å². The highest BCUT2D eigenvalue weighted by Gasteiger charge is 2.22. The van der Waals surface area contributed by atoms with Crippen molar-refractivity contribution in [1.82, 2.24) is 4.90 Å². The second-order valence-corrected chi connectivity index (χ2v) is 8.35. The molecule has 160 valence electrons. The van der Waals surface area contributed by atoms with Gasteiger partial charge in [0.25, 0.3) is 11.8 Å². The normalized spacial score (nSPS) is 13.7. The van der Waals surface area contributed by atoms with E-state index in [1.165, 1.54) is 11.3 Å². The van der Waals surface area contributed by atoms with Crippen LogP contribution in [0.1, 0.15) is 15.2 Å². The third kappa shape index (κ3) is 5.24. The first kappa shape index (κ1) is 20.9. The molecule has 0 aliphatic carbocycles. The van der Waals surface area contributed by atoms with Crippen LogP contribution in [0.5, 0.6) is 5.75 Å². The van der Waals surface area contributed by atoms with E-state index < -0.39 is 0 Å². The lowest BCUT2D eigenvalue weighted by molar-refractivity contribution is -0.118. The monoisotopic (exact) mass is 435 g/mol. The van der Waals surface area contributed by atoms with Crippen LogP contribution in [-0.4, -0.2) is 49.5 Å². The molecule has 2 heterocycles. The third-order valence-corrected chi connectivity index (χ3v) is 6.13. The zero-order valence-electron chi connectivity index (χ0n) is 17.4. The summed E-state index contributed by atoms with van der Waals surface area (Å²) in [5.41, 5.74) is 2.81. The second-order valence-electron chi connectivity index (χ2n) is 7.41. The fourth-order valence-corrected chi connectivity index (χ4v) is 4.23. The van der Waals surface area contributed by atoms with Crippen molar-refractivity contribution < 1.29 is 14.3 Å². The standard InChI is InChI=1S/C24H25N3O3S/c1-18-5-2-3-6-21(18)30-17-23(28)25-19-8-10-20(11-9-19)26-12-14-27(15-13-26)24(29)22-7-4-16-31-22/h2-11,16H,12-15,17H2,1H3,(H,25,28). The number of ether oxygens (including phenoxy) is 1. The Morgan fingerprint density at radius 2 is 1.71 bits per heavy atom. The molecular weight excluding hydrogens is 410 g/mol. The van der Waals surface area contributed by atoms with Gasteiger partial charge in [0, 0.05) is 37.6 Å². The number of piperazine rings is 1. The number of carbonyl (C=O) groups excluding carboxylic acids is 2. The summed E-state index contributed by atoms with van der Waals surface area (Å²) in [4.78, 5) is 29.6. The molecule has 31 heavy (non-hydrogen) atoms. The van der Waals surface area contributed by atoms with Gasteiger partial charge >= 0.3 is 0 Å². The van der Waals surface area contributed by atoms with Gasteiger partial charge in [-0.1, -0.05) is 24.3 Å². The average Bonchev–Trinajstić information content (AvgIpc) is 3.34. The van der Waals surface area contributed by atoms with Crippen LogP contribution in [0.15, 0.2) is 66.0 Å². The number of benzene rings is 2. The quantitative estimate of drug-likeness (QED) is 0.635. The van der Waals surface area contributed by atoms with Gasteiger partial charge in [0.15, 0.2) is 6.61 Å². The van der Waals surface area contributed by atoms with E-state index in [-0.39, 0.29) is 18.4 Å². The molecule has 0 spiro atoms. The minimum absolute atomic E-state index is 0.0349. The number of hydrogen-bond acceptors (Lipinski definition) is 5. The third-order valence-electron chi connectivity index (χ3n) is 5.27. The Bertz CT molecular complexity index is 1030. The molecule has 1 fully saturated rings. The Hall–Kier alpha value is -3.32. The van der Waals surface area contributed by atoms with Crippen LogP contribution in [-0.2, 0) is 4.79 Å². The molecule has 1 N–H and O–H groups in total. The molecule has 0 atom stereocenters. The number of nitrogens with one attached hydrogen (secondary N) is 1. The molecule has 6 nitrogen and oxygen atoms in total. The lowest BCUT2D eigenvalue weighted by atomic mass is 10.2. The van der Waals surface area contributed by atoms with Crippen LogP contribution in [0.4, 0.5) is 11.4 Å². The van der Waals surface area contributed by atoms with E-state index in [1.807, 2.05) is 77.9 Å². The molecule has 2 amide bonds. The second kappa shape index (κ2) is 9.66. The van der Waals surface area contributed by atoms with Crippen LogP contribution in [0, 0.1) is 6.92 Å². The minimum atomic E-state index is -0.197. The summed E-state index contributed by atoms with van der Waals surface area (Å²) in [6.07, 6.45) is 0. The molecule has 3 aromatic rings. The fraction of sp³-hybridized carbons (Fsp3) is 0.250. The maximum absolute atomic E-state index is 12.5. The molecule has 1 aliphatic rings. The predicted octanol–water partition coefficient (Wildman–Crippen LogP) is 4.04. The number of amides is 2. The Morgan fingerprint density at radius 3 is 2.39 bits per heavy atom. The van der Waals surface area contributed by atoms with Crippen molar-refractivity contribution in [1.29, 1.82) is 0 Å². The number of hydrogen-bond donors (Lipinski definition) is 1. The molecule has 0 saturated carbocycles. The van der Waals surface area contributed by atoms with E-state index in [2.05, 4.69) is 10.2 Å². The van der Waals surface area contributed by atoms with Crippen molar-refractivity contribution in [2.24, 2.45) is 0 Å². The van der Waals surface area contributed by atoms with Crippen molar-refractivity contribution in [2.45, 2.75) is 6.92 Å². The topological polar surface area (TPSA) is 61.9 Å². The van der Waals surface area contributed by atoms with E-state index in [9.17, 15) is 9.59 Å². The Morgan fingerprint density at radius 1 is 0.968 bits per heavy atom. The predicted molar refractivity (Wildman–Crippen MR) is 124 cm³/mol. The summed E-state index contributed by atoms with van der Waals surface area (Å²) >= 11 is 1.48. The van der Waals surface area contributed by atoms with Crippen molar-refractivity contribution in [3.63, 3.8) is 0 Å². The minimum Gasteiger partial charge on any atom is -0.483 e. The van der Waals surface area contributed by atoms with E-state index in [0.717, 1.165) is 34.9 Å². The Labute approximate surface area is 186 Å². The highest BCUT2D eigenvalue weighted by Crippen LogP contribution is 2.21. The lowest BCUT2D eigenvalue weighted by Gasteiger charge is -2.36. The Kier molecular flexibility index (Phi) is 6.52. The van der Waals surface area contributed by atoms with Crippen LogP contribution >= 0.6 is 11.3 Å². The van der Waals surface area contributed by atoms with Gasteiger partial charge in [-0.3, -0.25) is 9.59 Å². The van der Waals surface area contributed by atoms with Crippen LogP contribution in [0.2, 0.25) is 0 Å². The zero-order valence-corrected chi connectivity index (χ0v) is 18.2. The number of carbonyl (C=O) groups is 2. The average molecular weight is 436 g/mol. The first-order valence-electron chi connectivity index (χ1n) is 10.3. The maximum Gasteiger partial charge on any atom is 0.264 e. The number of thiophene rings is 1. The van der Waals surface area contributed by atoms with Crippen molar-refractivity contribution in [3.8, 4) is 5.75 Å². The van der Waals surface area contributed by atoms with E-state index >= 15 is 0 Å². The fourth-order valence-electron chi connectivity index (χ4n) is 3.54. The molecular formula is C24H25N3O3S. The van der Waals surface area contributed by atoms with Gasteiger partial charge < -0.3 is 19.9 Å².